The number of carbonyl (C=O) groups is 1. The van der Waals surface area contributed by atoms with Crippen LogP contribution in [0, 0.1) is 11.3 Å². The van der Waals surface area contributed by atoms with Crippen LogP contribution in [0.3, 0.4) is 0 Å². The fourth-order valence-corrected chi connectivity index (χ4v) is 4.40. The fraction of sp³-hybridized carbons (Fsp3) is 0.120. The number of rotatable bonds is 6. The van der Waals surface area contributed by atoms with Gasteiger partial charge < -0.3 is 19.9 Å². The minimum atomic E-state index is -0.632. The molecule has 0 aliphatic carbocycles. The molecule has 1 unspecified atom stereocenters. The van der Waals surface area contributed by atoms with E-state index in [4.69, 9.17) is 43.1 Å². The zero-order valence-corrected chi connectivity index (χ0v) is 20.2. The molecule has 2 N–H and O–H groups in total. The molecule has 0 saturated heterocycles. The number of nitriles is 1. The minimum absolute atomic E-state index is 0.0122. The quantitative estimate of drug-likeness (QED) is 0.249. The molecule has 6 nitrogen and oxygen atoms in total. The van der Waals surface area contributed by atoms with Crippen LogP contribution in [0.1, 0.15) is 17.0 Å². The van der Waals surface area contributed by atoms with Crippen molar-refractivity contribution >= 4 is 40.9 Å². The molecule has 0 aromatic heterocycles. The Balaban J connectivity index is 1.53. The first kappa shape index (κ1) is 23.8. The van der Waals surface area contributed by atoms with Crippen LogP contribution in [-0.2, 0) is 4.79 Å². The second-order valence-electron chi connectivity index (χ2n) is 7.24. The molecular formula is C25H18Cl2N2O4S. The van der Waals surface area contributed by atoms with Gasteiger partial charge in [-0.1, -0.05) is 41.4 Å². The van der Waals surface area contributed by atoms with Crippen LogP contribution in [0.25, 0.3) is 0 Å². The van der Waals surface area contributed by atoms with Crippen molar-refractivity contribution in [1.29, 1.82) is 5.26 Å². The molecule has 1 heterocycles. The molecule has 0 spiro atoms. The fourth-order valence-electron chi connectivity index (χ4n) is 3.53. The Kier molecular flexibility index (Phi) is 7.23. The SMILES string of the molecule is CSc1ccc(C2C(C#N)=C(N)Oc3cc(OC(=O)COc4ccc(Cl)cc4Cl)ccc32)cc1. The Morgan fingerprint density at radius 3 is 2.59 bits per heavy atom. The van der Waals surface area contributed by atoms with Crippen molar-refractivity contribution in [2.75, 3.05) is 12.9 Å². The number of hydrogen-bond donors (Lipinski definition) is 1. The summed E-state index contributed by atoms with van der Waals surface area (Å²) in [5.74, 6) is -0.0501. The molecule has 172 valence electrons. The van der Waals surface area contributed by atoms with Gasteiger partial charge in [0.15, 0.2) is 6.61 Å². The summed E-state index contributed by atoms with van der Waals surface area (Å²) < 4.78 is 16.5. The van der Waals surface area contributed by atoms with E-state index in [0.717, 1.165) is 16.0 Å². The number of nitrogens with two attached hydrogens (primary N) is 1. The molecule has 34 heavy (non-hydrogen) atoms. The largest absolute Gasteiger partial charge is 0.480 e. The molecule has 1 aliphatic rings. The van der Waals surface area contributed by atoms with Gasteiger partial charge in [0.25, 0.3) is 0 Å². The van der Waals surface area contributed by atoms with Gasteiger partial charge in [-0.25, -0.2) is 4.79 Å². The van der Waals surface area contributed by atoms with Crippen molar-refractivity contribution in [2.45, 2.75) is 10.8 Å². The van der Waals surface area contributed by atoms with Crippen LogP contribution in [0.2, 0.25) is 10.0 Å². The molecule has 4 rings (SSSR count). The summed E-state index contributed by atoms with van der Waals surface area (Å²) in [6, 6.07) is 19.7. The van der Waals surface area contributed by atoms with E-state index in [0.29, 0.717) is 22.1 Å². The van der Waals surface area contributed by atoms with Crippen LogP contribution in [0.4, 0.5) is 0 Å². The smallest absolute Gasteiger partial charge is 0.349 e. The number of allylic oxidation sites excluding steroid dienone is 1. The van der Waals surface area contributed by atoms with Gasteiger partial charge in [-0.15, -0.1) is 11.8 Å². The molecule has 1 aliphatic heterocycles. The molecular weight excluding hydrogens is 495 g/mol. The Labute approximate surface area is 210 Å². The van der Waals surface area contributed by atoms with Crippen molar-refractivity contribution in [1.82, 2.24) is 0 Å². The average molecular weight is 513 g/mol. The van der Waals surface area contributed by atoms with Crippen molar-refractivity contribution in [3.8, 4) is 23.3 Å². The highest BCUT2D eigenvalue weighted by atomic mass is 35.5. The third kappa shape index (κ3) is 5.10. The number of esters is 1. The van der Waals surface area contributed by atoms with E-state index >= 15 is 0 Å². The number of fused-ring (bicyclic) bond motifs is 1. The second kappa shape index (κ2) is 10.3. The molecule has 0 fully saturated rings. The zero-order valence-electron chi connectivity index (χ0n) is 17.9. The topological polar surface area (TPSA) is 94.6 Å². The summed E-state index contributed by atoms with van der Waals surface area (Å²) in [7, 11) is 0. The van der Waals surface area contributed by atoms with Gasteiger partial charge in [-0.3, -0.25) is 0 Å². The molecule has 0 radical (unpaired) electrons. The summed E-state index contributed by atoms with van der Waals surface area (Å²) in [5.41, 5.74) is 8.02. The molecule has 0 bridgehead atoms. The van der Waals surface area contributed by atoms with Crippen LogP contribution in [-0.4, -0.2) is 18.8 Å². The summed E-state index contributed by atoms with van der Waals surface area (Å²) >= 11 is 13.5. The molecule has 1 atom stereocenters. The molecule has 3 aromatic rings. The van der Waals surface area contributed by atoms with E-state index in [1.807, 2.05) is 30.5 Å². The Hall–Kier alpha value is -3.31. The predicted molar refractivity (Wildman–Crippen MR) is 132 cm³/mol. The minimum Gasteiger partial charge on any atom is -0.480 e. The second-order valence-corrected chi connectivity index (χ2v) is 8.96. The number of hydrogen-bond acceptors (Lipinski definition) is 7. The third-order valence-corrected chi connectivity index (χ3v) is 6.38. The lowest BCUT2D eigenvalue weighted by atomic mass is 9.83. The number of ether oxygens (including phenoxy) is 3. The third-order valence-electron chi connectivity index (χ3n) is 5.11. The first-order valence-electron chi connectivity index (χ1n) is 10.0. The van der Waals surface area contributed by atoms with Crippen molar-refractivity contribution in [2.24, 2.45) is 5.73 Å². The van der Waals surface area contributed by atoms with Gasteiger partial charge >= 0.3 is 5.97 Å². The number of benzene rings is 3. The van der Waals surface area contributed by atoms with E-state index in [2.05, 4.69) is 6.07 Å². The van der Waals surface area contributed by atoms with Crippen LogP contribution in [0.5, 0.6) is 17.2 Å². The van der Waals surface area contributed by atoms with E-state index in [1.165, 1.54) is 6.07 Å². The lowest BCUT2D eigenvalue weighted by molar-refractivity contribution is -0.136. The van der Waals surface area contributed by atoms with E-state index in [-0.39, 0.29) is 23.3 Å². The van der Waals surface area contributed by atoms with Gasteiger partial charge in [0, 0.05) is 21.5 Å². The molecule has 0 amide bonds. The summed E-state index contributed by atoms with van der Waals surface area (Å²) in [6.45, 7) is -0.357. The molecule has 9 heteroatoms. The van der Waals surface area contributed by atoms with Gasteiger partial charge in [-0.05, 0) is 48.2 Å². The number of carbonyl (C=O) groups excluding carboxylic acids is 1. The first-order valence-corrected chi connectivity index (χ1v) is 12.0. The maximum Gasteiger partial charge on any atom is 0.349 e. The van der Waals surface area contributed by atoms with Gasteiger partial charge in [0.1, 0.15) is 28.9 Å². The van der Waals surface area contributed by atoms with Crippen LogP contribution in [0.15, 0.2) is 77.0 Å². The first-order chi connectivity index (χ1) is 16.4. The van der Waals surface area contributed by atoms with E-state index < -0.39 is 11.9 Å². The highest BCUT2D eigenvalue weighted by Crippen LogP contribution is 2.43. The number of halogens is 2. The van der Waals surface area contributed by atoms with Crippen LogP contribution >= 0.6 is 35.0 Å². The summed E-state index contributed by atoms with van der Waals surface area (Å²) in [6.07, 6.45) is 2.00. The Morgan fingerprint density at radius 1 is 1.15 bits per heavy atom. The zero-order chi connectivity index (χ0) is 24.2. The maximum absolute atomic E-state index is 12.3. The van der Waals surface area contributed by atoms with Gasteiger partial charge in [0.2, 0.25) is 5.88 Å². The van der Waals surface area contributed by atoms with E-state index in [1.54, 1.807) is 42.1 Å². The Bertz CT molecular complexity index is 1320. The van der Waals surface area contributed by atoms with Gasteiger partial charge in [-0.2, -0.15) is 5.26 Å². The molecule has 0 saturated carbocycles. The maximum atomic E-state index is 12.3. The highest BCUT2D eigenvalue weighted by molar-refractivity contribution is 7.98. The Morgan fingerprint density at radius 2 is 1.91 bits per heavy atom. The lowest BCUT2D eigenvalue weighted by Crippen LogP contribution is -2.21. The average Bonchev–Trinajstić information content (AvgIpc) is 2.82. The predicted octanol–water partition coefficient (Wildman–Crippen LogP) is 5.92. The highest BCUT2D eigenvalue weighted by Gasteiger charge is 2.31. The van der Waals surface area contributed by atoms with E-state index in [9.17, 15) is 10.1 Å². The normalized spacial score (nSPS) is 14.6. The van der Waals surface area contributed by atoms with Crippen molar-refractivity contribution in [3.63, 3.8) is 0 Å². The lowest BCUT2D eigenvalue weighted by Gasteiger charge is -2.26. The van der Waals surface area contributed by atoms with Crippen molar-refractivity contribution < 1.29 is 19.0 Å². The summed E-state index contributed by atoms with van der Waals surface area (Å²) in [5, 5.41) is 10.5. The standard InChI is InChI=1S/C25H18Cl2N2O4S/c1-34-17-6-2-14(3-7-17)24-18-8-5-16(11-22(18)33-25(29)19(24)12-28)32-23(30)13-31-21-9-4-15(26)10-20(21)27/h2-11,24H,13,29H2,1H3. The number of thioether (sulfide) groups is 1. The van der Waals surface area contributed by atoms with Crippen LogP contribution < -0.4 is 19.9 Å². The molecule has 3 aromatic carbocycles. The number of nitrogens with zero attached hydrogens (tertiary/aromatic N) is 1. The van der Waals surface area contributed by atoms with Crippen molar-refractivity contribution in [3.05, 3.63) is 93.3 Å². The summed E-state index contributed by atoms with van der Waals surface area (Å²) in [4.78, 5) is 13.4. The van der Waals surface area contributed by atoms with Gasteiger partial charge in [0.05, 0.1) is 10.9 Å². The monoisotopic (exact) mass is 512 g/mol.